The number of hydrogen-bond acceptors (Lipinski definition) is 4. The van der Waals surface area contributed by atoms with E-state index >= 15 is 0 Å². The second kappa shape index (κ2) is 5.72. The molecule has 2 aromatic rings. The van der Waals surface area contributed by atoms with E-state index in [1.807, 2.05) is 29.9 Å². The summed E-state index contributed by atoms with van der Waals surface area (Å²) >= 11 is 1.69. The first-order chi connectivity index (χ1) is 7.86. The number of nitrogens with zero attached hydrogens (tertiary/aromatic N) is 2. The number of nitrogens with one attached hydrogen (secondary N) is 1. The van der Waals surface area contributed by atoms with Gasteiger partial charge in [-0.25, -0.2) is 4.98 Å². The fourth-order valence-electron chi connectivity index (χ4n) is 1.50. The number of pyridine rings is 1. The third-order valence-corrected chi connectivity index (χ3v) is 3.34. The van der Waals surface area contributed by atoms with Crippen molar-refractivity contribution >= 4 is 11.3 Å². The lowest BCUT2D eigenvalue weighted by molar-refractivity contribution is 0.571. The topological polar surface area (TPSA) is 37.8 Å². The molecule has 0 spiro atoms. The van der Waals surface area contributed by atoms with Gasteiger partial charge in [0.1, 0.15) is 5.01 Å². The average molecular weight is 233 g/mol. The van der Waals surface area contributed by atoms with Crippen molar-refractivity contribution in [2.45, 2.75) is 19.4 Å². The van der Waals surface area contributed by atoms with Crippen LogP contribution in [0, 0.1) is 0 Å². The lowest BCUT2D eigenvalue weighted by Crippen LogP contribution is -2.21. The number of aromatic nitrogens is 2. The van der Waals surface area contributed by atoms with Crippen molar-refractivity contribution in [1.82, 2.24) is 15.3 Å². The van der Waals surface area contributed by atoms with Crippen LogP contribution in [-0.2, 0) is 6.42 Å². The Balaban J connectivity index is 1.76. The molecule has 84 valence electrons. The maximum atomic E-state index is 4.29. The van der Waals surface area contributed by atoms with E-state index in [9.17, 15) is 0 Å². The Kier molecular flexibility index (Phi) is 4.02. The second-order valence-electron chi connectivity index (χ2n) is 3.62. The minimum absolute atomic E-state index is 0.323. The van der Waals surface area contributed by atoms with Crippen molar-refractivity contribution < 1.29 is 0 Å². The maximum Gasteiger partial charge on any atom is 0.109 e. The van der Waals surface area contributed by atoms with Crippen LogP contribution in [-0.4, -0.2) is 16.5 Å². The van der Waals surface area contributed by atoms with Crippen LogP contribution in [0.5, 0.6) is 0 Å². The molecule has 0 radical (unpaired) electrons. The van der Waals surface area contributed by atoms with E-state index in [4.69, 9.17) is 0 Å². The van der Waals surface area contributed by atoms with Gasteiger partial charge in [-0.3, -0.25) is 4.98 Å². The highest BCUT2D eigenvalue weighted by atomic mass is 32.1. The summed E-state index contributed by atoms with van der Waals surface area (Å²) in [7, 11) is 0. The summed E-state index contributed by atoms with van der Waals surface area (Å²) in [6.07, 6.45) is 4.63. The van der Waals surface area contributed by atoms with Gasteiger partial charge in [0.05, 0.1) is 6.04 Å². The molecule has 0 amide bonds. The molecule has 1 N–H and O–H groups in total. The van der Waals surface area contributed by atoms with Crippen LogP contribution in [0.1, 0.15) is 23.7 Å². The smallest absolute Gasteiger partial charge is 0.109 e. The van der Waals surface area contributed by atoms with Gasteiger partial charge in [-0.15, -0.1) is 11.3 Å². The zero-order valence-corrected chi connectivity index (χ0v) is 10.1. The lowest BCUT2D eigenvalue weighted by Gasteiger charge is -2.10. The standard InChI is InChI=1S/C12H15N3S/c1-10(12-15-8-9-16-12)13-7-5-11-4-2-3-6-14-11/h2-4,6,8-10,13H,5,7H2,1H3. The summed E-state index contributed by atoms with van der Waals surface area (Å²) in [5, 5.41) is 6.59. The van der Waals surface area contributed by atoms with E-state index in [-0.39, 0.29) is 0 Å². The van der Waals surface area contributed by atoms with Crippen molar-refractivity contribution in [3.8, 4) is 0 Å². The number of thiazole rings is 1. The molecule has 1 unspecified atom stereocenters. The Morgan fingerprint density at radius 3 is 2.94 bits per heavy atom. The first-order valence-electron chi connectivity index (χ1n) is 5.39. The Morgan fingerprint density at radius 1 is 1.31 bits per heavy atom. The largest absolute Gasteiger partial charge is 0.308 e. The van der Waals surface area contributed by atoms with Crippen LogP contribution in [0.15, 0.2) is 36.0 Å². The van der Waals surface area contributed by atoms with Crippen LogP contribution in [0.3, 0.4) is 0 Å². The summed E-state index contributed by atoms with van der Waals surface area (Å²) in [5.74, 6) is 0. The molecule has 3 nitrogen and oxygen atoms in total. The van der Waals surface area contributed by atoms with Gasteiger partial charge >= 0.3 is 0 Å². The van der Waals surface area contributed by atoms with Crippen LogP contribution >= 0.6 is 11.3 Å². The van der Waals surface area contributed by atoms with Gasteiger partial charge in [0.15, 0.2) is 0 Å². The van der Waals surface area contributed by atoms with Crippen molar-refractivity contribution in [2.75, 3.05) is 6.54 Å². The Hall–Kier alpha value is -1.26. The molecule has 0 bridgehead atoms. The minimum atomic E-state index is 0.323. The van der Waals surface area contributed by atoms with E-state index in [0.717, 1.165) is 23.7 Å². The lowest BCUT2D eigenvalue weighted by atomic mass is 10.2. The zero-order chi connectivity index (χ0) is 11.2. The highest BCUT2D eigenvalue weighted by Gasteiger charge is 2.06. The molecule has 1 atom stereocenters. The quantitative estimate of drug-likeness (QED) is 0.862. The van der Waals surface area contributed by atoms with Gasteiger partial charge in [-0.1, -0.05) is 6.07 Å². The average Bonchev–Trinajstić information content (AvgIpc) is 2.84. The van der Waals surface area contributed by atoms with Crippen LogP contribution in [0.4, 0.5) is 0 Å². The molecule has 2 rings (SSSR count). The highest BCUT2D eigenvalue weighted by Crippen LogP contribution is 2.14. The SMILES string of the molecule is CC(NCCc1ccccn1)c1nccs1. The van der Waals surface area contributed by atoms with Crippen molar-refractivity contribution in [2.24, 2.45) is 0 Å². The van der Waals surface area contributed by atoms with Gasteiger partial charge in [-0.2, -0.15) is 0 Å². The molecule has 0 aliphatic rings. The molecule has 0 aliphatic carbocycles. The molecule has 4 heteroatoms. The van der Waals surface area contributed by atoms with E-state index in [2.05, 4.69) is 28.3 Å². The Bertz CT molecular complexity index is 399. The summed E-state index contributed by atoms with van der Waals surface area (Å²) in [4.78, 5) is 8.57. The maximum absolute atomic E-state index is 4.29. The zero-order valence-electron chi connectivity index (χ0n) is 9.26. The van der Waals surface area contributed by atoms with Gasteiger partial charge < -0.3 is 5.32 Å². The predicted octanol–water partition coefficient (Wildman–Crippen LogP) is 2.43. The van der Waals surface area contributed by atoms with E-state index in [1.165, 1.54) is 0 Å². The minimum Gasteiger partial charge on any atom is -0.308 e. The predicted molar refractivity (Wildman–Crippen MR) is 66.5 cm³/mol. The second-order valence-corrected chi connectivity index (χ2v) is 4.54. The third-order valence-electron chi connectivity index (χ3n) is 2.38. The van der Waals surface area contributed by atoms with Gasteiger partial charge in [0, 0.05) is 36.4 Å². The summed E-state index contributed by atoms with van der Waals surface area (Å²) < 4.78 is 0. The molecule has 2 heterocycles. The highest BCUT2D eigenvalue weighted by molar-refractivity contribution is 7.09. The number of rotatable bonds is 5. The van der Waals surface area contributed by atoms with Gasteiger partial charge in [-0.05, 0) is 19.1 Å². The molecule has 0 saturated heterocycles. The third kappa shape index (κ3) is 3.12. The first-order valence-corrected chi connectivity index (χ1v) is 6.27. The van der Waals surface area contributed by atoms with E-state index in [0.29, 0.717) is 6.04 Å². The van der Waals surface area contributed by atoms with Crippen molar-refractivity contribution in [1.29, 1.82) is 0 Å². The van der Waals surface area contributed by atoms with E-state index < -0.39 is 0 Å². The van der Waals surface area contributed by atoms with Crippen LogP contribution in [0.25, 0.3) is 0 Å². The molecule has 2 aromatic heterocycles. The fraction of sp³-hybridized carbons (Fsp3) is 0.333. The Labute approximate surface area is 99.6 Å². The molecule has 0 saturated carbocycles. The Morgan fingerprint density at radius 2 is 2.25 bits per heavy atom. The van der Waals surface area contributed by atoms with Crippen LogP contribution in [0.2, 0.25) is 0 Å². The van der Waals surface area contributed by atoms with Gasteiger partial charge in [0.2, 0.25) is 0 Å². The molecular formula is C12H15N3S. The van der Waals surface area contributed by atoms with E-state index in [1.54, 1.807) is 11.3 Å². The molecule has 16 heavy (non-hydrogen) atoms. The van der Waals surface area contributed by atoms with Crippen molar-refractivity contribution in [3.05, 3.63) is 46.7 Å². The molecule has 0 aliphatic heterocycles. The summed E-state index contributed by atoms with van der Waals surface area (Å²) in [5.41, 5.74) is 1.13. The van der Waals surface area contributed by atoms with Gasteiger partial charge in [0.25, 0.3) is 0 Å². The summed E-state index contributed by atoms with van der Waals surface area (Å²) in [6, 6.07) is 6.33. The summed E-state index contributed by atoms with van der Waals surface area (Å²) in [6.45, 7) is 3.06. The first kappa shape index (κ1) is 11.2. The van der Waals surface area contributed by atoms with Crippen molar-refractivity contribution in [3.63, 3.8) is 0 Å². The molecular weight excluding hydrogens is 218 g/mol. The molecule has 0 aromatic carbocycles. The molecule has 0 fully saturated rings. The number of hydrogen-bond donors (Lipinski definition) is 1. The monoisotopic (exact) mass is 233 g/mol. The fourth-order valence-corrected chi connectivity index (χ4v) is 2.17. The van der Waals surface area contributed by atoms with Crippen LogP contribution < -0.4 is 5.32 Å². The normalized spacial score (nSPS) is 12.6.